The lowest BCUT2D eigenvalue weighted by Gasteiger charge is -2.25. The van der Waals surface area contributed by atoms with E-state index in [0.29, 0.717) is 12.4 Å². The van der Waals surface area contributed by atoms with Crippen LogP contribution in [0.25, 0.3) is 0 Å². The summed E-state index contributed by atoms with van der Waals surface area (Å²) in [6, 6.07) is 0. The number of ether oxygens (including phenoxy) is 3. The van der Waals surface area contributed by atoms with E-state index in [1.807, 2.05) is 6.92 Å². The number of esters is 1. The summed E-state index contributed by atoms with van der Waals surface area (Å²) in [5, 5.41) is 0. The molecule has 2 aliphatic heterocycles. The lowest BCUT2D eigenvalue weighted by atomic mass is 9.96. The van der Waals surface area contributed by atoms with Crippen molar-refractivity contribution in [2.45, 2.75) is 25.9 Å². The Kier molecular flexibility index (Phi) is 4.20. The van der Waals surface area contributed by atoms with Crippen molar-refractivity contribution in [2.75, 3.05) is 13.2 Å². The fourth-order valence-electron chi connectivity index (χ4n) is 2.07. The van der Waals surface area contributed by atoms with Gasteiger partial charge in [-0.25, -0.2) is 0 Å². The van der Waals surface area contributed by atoms with E-state index in [4.69, 9.17) is 14.2 Å². The fraction of sp³-hybridized carbons (Fsp3) is 0.500. The van der Waals surface area contributed by atoms with Gasteiger partial charge in [0.25, 0.3) is 0 Å². The van der Waals surface area contributed by atoms with E-state index in [9.17, 15) is 4.79 Å². The van der Waals surface area contributed by atoms with Gasteiger partial charge in [-0.15, -0.1) is 0 Å². The molecule has 0 bridgehead atoms. The molecule has 0 amide bonds. The van der Waals surface area contributed by atoms with Gasteiger partial charge in [0, 0.05) is 6.61 Å². The summed E-state index contributed by atoms with van der Waals surface area (Å²) in [5.74, 6) is 0.376. The molecule has 18 heavy (non-hydrogen) atoms. The van der Waals surface area contributed by atoms with Crippen LogP contribution in [0.1, 0.15) is 19.8 Å². The second kappa shape index (κ2) is 5.87. The summed E-state index contributed by atoms with van der Waals surface area (Å²) in [6.45, 7) is 6.56. The molecule has 2 rings (SSSR count). The van der Waals surface area contributed by atoms with Crippen LogP contribution >= 0.6 is 0 Å². The summed E-state index contributed by atoms with van der Waals surface area (Å²) >= 11 is 0. The maximum atomic E-state index is 11.9. The number of rotatable bonds is 3. The van der Waals surface area contributed by atoms with Gasteiger partial charge in [0.2, 0.25) is 0 Å². The molecule has 98 valence electrons. The first-order valence-corrected chi connectivity index (χ1v) is 6.16. The molecule has 0 aromatic carbocycles. The highest BCUT2D eigenvalue weighted by atomic mass is 16.5. The maximum Gasteiger partial charge on any atom is 0.309 e. The Bertz CT molecular complexity index is 395. The zero-order valence-electron chi connectivity index (χ0n) is 10.6. The van der Waals surface area contributed by atoms with Crippen molar-refractivity contribution >= 4 is 5.97 Å². The van der Waals surface area contributed by atoms with Crippen LogP contribution in [0.3, 0.4) is 0 Å². The number of hydrogen-bond donors (Lipinski definition) is 0. The van der Waals surface area contributed by atoms with Crippen molar-refractivity contribution < 1.29 is 19.0 Å². The van der Waals surface area contributed by atoms with Gasteiger partial charge in [-0.2, -0.15) is 0 Å². The number of allylic oxidation sites excluding steroid dienone is 1. The average molecular weight is 250 g/mol. The highest BCUT2D eigenvalue weighted by molar-refractivity contribution is 5.72. The van der Waals surface area contributed by atoms with Crippen LogP contribution in [0.5, 0.6) is 0 Å². The van der Waals surface area contributed by atoms with E-state index in [2.05, 4.69) is 6.58 Å². The van der Waals surface area contributed by atoms with E-state index >= 15 is 0 Å². The van der Waals surface area contributed by atoms with Crippen LogP contribution in [-0.2, 0) is 19.0 Å². The van der Waals surface area contributed by atoms with Crippen LogP contribution in [0.4, 0.5) is 0 Å². The van der Waals surface area contributed by atoms with Crippen LogP contribution in [-0.4, -0.2) is 25.3 Å². The highest BCUT2D eigenvalue weighted by Crippen LogP contribution is 2.21. The Labute approximate surface area is 107 Å². The SMILES string of the molecule is C=C1C=C(COC(=O)C2CCOC(C)C2)C=CO1. The first-order valence-electron chi connectivity index (χ1n) is 6.16. The van der Waals surface area contributed by atoms with Crippen molar-refractivity contribution in [1.82, 2.24) is 0 Å². The minimum absolute atomic E-state index is 0.0404. The van der Waals surface area contributed by atoms with Gasteiger partial charge in [0.05, 0.1) is 18.3 Å². The third-order valence-electron chi connectivity index (χ3n) is 3.05. The zero-order valence-corrected chi connectivity index (χ0v) is 10.6. The lowest BCUT2D eigenvalue weighted by Crippen LogP contribution is -2.30. The van der Waals surface area contributed by atoms with E-state index in [0.717, 1.165) is 18.4 Å². The van der Waals surface area contributed by atoms with Gasteiger partial charge in [0.15, 0.2) is 0 Å². The molecule has 2 unspecified atom stereocenters. The topological polar surface area (TPSA) is 44.8 Å². The van der Waals surface area contributed by atoms with Crippen molar-refractivity contribution in [3.8, 4) is 0 Å². The second-order valence-electron chi connectivity index (χ2n) is 4.62. The van der Waals surface area contributed by atoms with E-state index in [1.54, 1.807) is 18.4 Å². The second-order valence-corrected chi connectivity index (χ2v) is 4.62. The first kappa shape index (κ1) is 12.9. The third-order valence-corrected chi connectivity index (χ3v) is 3.05. The van der Waals surface area contributed by atoms with Crippen molar-refractivity contribution in [3.63, 3.8) is 0 Å². The summed E-state index contributed by atoms with van der Waals surface area (Å²) < 4.78 is 15.8. The molecule has 0 aromatic heterocycles. The Morgan fingerprint density at radius 3 is 3.17 bits per heavy atom. The molecule has 0 radical (unpaired) electrons. The molecule has 4 nitrogen and oxygen atoms in total. The van der Waals surface area contributed by atoms with Crippen molar-refractivity contribution in [2.24, 2.45) is 5.92 Å². The van der Waals surface area contributed by atoms with Gasteiger partial charge in [-0.1, -0.05) is 6.58 Å². The summed E-state index contributed by atoms with van der Waals surface area (Å²) in [7, 11) is 0. The average Bonchev–Trinajstić information content (AvgIpc) is 2.36. The molecule has 1 fully saturated rings. The molecule has 1 saturated heterocycles. The fourth-order valence-corrected chi connectivity index (χ4v) is 2.07. The summed E-state index contributed by atoms with van der Waals surface area (Å²) in [5.41, 5.74) is 0.889. The zero-order chi connectivity index (χ0) is 13.0. The largest absolute Gasteiger partial charge is 0.466 e. The van der Waals surface area contributed by atoms with Gasteiger partial charge < -0.3 is 14.2 Å². The Balaban J connectivity index is 1.81. The number of carbonyl (C=O) groups is 1. The summed E-state index contributed by atoms with van der Waals surface area (Å²) in [6.07, 6.45) is 6.70. The molecule has 2 heterocycles. The molecule has 0 aliphatic carbocycles. The Hall–Kier alpha value is -1.55. The number of carbonyl (C=O) groups excluding carboxylic acids is 1. The van der Waals surface area contributed by atoms with Crippen LogP contribution in [0.15, 0.2) is 36.3 Å². The standard InChI is InChI=1S/C14H18O4/c1-10-7-12(3-5-16-10)9-18-14(15)13-4-6-17-11(2)8-13/h3,5,7,11,13H,1,4,6,8-9H2,2H3. The van der Waals surface area contributed by atoms with Crippen molar-refractivity contribution in [1.29, 1.82) is 0 Å². The minimum atomic E-state index is -0.142. The smallest absolute Gasteiger partial charge is 0.309 e. The molecule has 0 N–H and O–H groups in total. The highest BCUT2D eigenvalue weighted by Gasteiger charge is 2.26. The predicted molar refractivity (Wildman–Crippen MR) is 66.5 cm³/mol. The molecule has 4 heteroatoms. The number of hydrogen-bond acceptors (Lipinski definition) is 4. The van der Waals surface area contributed by atoms with Gasteiger partial charge >= 0.3 is 5.97 Å². The van der Waals surface area contributed by atoms with Crippen LogP contribution in [0, 0.1) is 5.92 Å². The third kappa shape index (κ3) is 3.47. The molecular formula is C14H18O4. The Morgan fingerprint density at radius 2 is 2.44 bits per heavy atom. The van der Waals surface area contributed by atoms with Crippen molar-refractivity contribution in [3.05, 3.63) is 36.3 Å². The van der Waals surface area contributed by atoms with E-state index in [-0.39, 0.29) is 24.6 Å². The van der Waals surface area contributed by atoms with E-state index in [1.165, 1.54) is 0 Å². The molecule has 0 saturated carbocycles. The van der Waals surface area contributed by atoms with Crippen LogP contribution in [0.2, 0.25) is 0 Å². The van der Waals surface area contributed by atoms with Crippen LogP contribution < -0.4 is 0 Å². The molecular weight excluding hydrogens is 232 g/mol. The van der Waals surface area contributed by atoms with Gasteiger partial charge in [0.1, 0.15) is 12.4 Å². The van der Waals surface area contributed by atoms with Gasteiger partial charge in [-0.3, -0.25) is 4.79 Å². The van der Waals surface area contributed by atoms with E-state index < -0.39 is 0 Å². The molecule has 2 atom stereocenters. The lowest BCUT2D eigenvalue weighted by molar-refractivity contribution is -0.152. The quantitative estimate of drug-likeness (QED) is 0.721. The first-order chi connectivity index (χ1) is 8.65. The maximum absolute atomic E-state index is 11.9. The summed E-state index contributed by atoms with van der Waals surface area (Å²) in [4.78, 5) is 11.9. The normalized spacial score (nSPS) is 27.4. The van der Waals surface area contributed by atoms with Gasteiger partial charge in [-0.05, 0) is 37.5 Å². The monoisotopic (exact) mass is 250 g/mol. The molecule has 0 spiro atoms. The predicted octanol–water partition coefficient (Wildman–Crippen LogP) is 2.33. The molecule has 0 aromatic rings. The Morgan fingerprint density at radius 1 is 1.61 bits per heavy atom. The molecule has 2 aliphatic rings. The minimum Gasteiger partial charge on any atom is -0.466 e.